The highest BCUT2D eigenvalue weighted by atomic mass is 35.5. The molecule has 0 radical (unpaired) electrons. The van der Waals surface area contributed by atoms with E-state index in [0.29, 0.717) is 38.2 Å². The molecule has 1 aromatic heterocycles. The summed E-state index contributed by atoms with van der Waals surface area (Å²) in [6.07, 6.45) is 3.87. The maximum Gasteiger partial charge on any atom is 0.331 e. The van der Waals surface area contributed by atoms with E-state index in [1.807, 2.05) is 6.92 Å². The average molecular weight is 546 g/mol. The van der Waals surface area contributed by atoms with Crippen LogP contribution in [0.15, 0.2) is 41.7 Å². The van der Waals surface area contributed by atoms with Crippen molar-refractivity contribution in [1.29, 1.82) is 0 Å². The van der Waals surface area contributed by atoms with Crippen molar-refractivity contribution in [3.8, 4) is 0 Å². The lowest BCUT2D eigenvalue weighted by molar-refractivity contribution is -0.149. The minimum absolute atomic E-state index is 0.140. The second kappa shape index (κ2) is 11.3. The van der Waals surface area contributed by atoms with Crippen molar-refractivity contribution < 1.29 is 23.9 Å². The lowest BCUT2D eigenvalue weighted by Gasteiger charge is -2.48. The molecule has 2 atom stereocenters. The van der Waals surface area contributed by atoms with Crippen LogP contribution in [0.2, 0.25) is 10.0 Å². The van der Waals surface area contributed by atoms with Crippen molar-refractivity contribution in [2.75, 3.05) is 18.5 Å². The summed E-state index contributed by atoms with van der Waals surface area (Å²) in [6.45, 7) is 6.42. The Morgan fingerprint density at radius 2 is 1.78 bits per heavy atom. The standard InChI is InChI=1S/C27H29Cl2N3O5/c1-15(2)37-26(35)21(32-23-16(3)24(33)27(23)8-10-36-11-9-27)12-17-4-6-18(7-5-17)31-25(34)22-19(28)13-30-14-20(22)29/h4-7,13-16,21H,8-12H2,1-3H3,(H,31,34)/t16?,21-/m0/s1. The largest absolute Gasteiger partial charge is 0.461 e. The number of carbonyl (C=O) groups excluding carboxylic acids is 3. The van der Waals surface area contributed by atoms with Gasteiger partial charge in [0.05, 0.1) is 33.0 Å². The minimum Gasteiger partial charge on any atom is -0.461 e. The zero-order valence-corrected chi connectivity index (χ0v) is 22.4. The lowest BCUT2D eigenvalue weighted by Crippen LogP contribution is -2.60. The number of ketones is 1. The molecule has 10 heteroatoms. The van der Waals surface area contributed by atoms with Crippen LogP contribution in [0.25, 0.3) is 0 Å². The predicted molar refractivity (Wildman–Crippen MR) is 141 cm³/mol. The van der Waals surface area contributed by atoms with Crippen molar-refractivity contribution in [2.45, 2.75) is 52.2 Å². The number of pyridine rings is 1. The van der Waals surface area contributed by atoms with E-state index >= 15 is 0 Å². The molecule has 1 saturated heterocycles. The van der Waals surface area contributed by atoms with E-state index in [1.54, 1.807) is 38.1 Å². The van der Waals surface area contributed by atoms with E-state index in [1.165, 1.54) is 12.4 Å². The number of hydrogen-bond donors (Lipinski definition) is 1. The number of ether oxygens (including phenoxy) is 2. The molecule has 1 aliphatic carbocycles. The lowest BCUT2D eigenvalue weighted by atomic mass is 9.56. The fourth-order valence-corrected chi connectivity index (χ4v) is 5.43. The number of esters is 1. The van der Waals surface area contributed by atoms with Crippen LogP contribution in [0.3, 0.4) is 0 Å². The van der Waals surface area contributed by atoms with Gasteiger partial charge in [0.25, 0.3) is 5.91 Å². The van der Waals surface area contributed by atoms with Gasteiger partial charge in [0.15, 0.2) is 11.8 Å². The highest BCUT2D eigenvalue weighted by Crippen LogP contribution is 2.47. The highest BCUT2D eigenvalue weighted by molar-refractivity contribution is 6.40. The molecule has 8 nitrogen and oxygen atoms in total. The van der Waals surface area contributed by atoms with E-state index in [4.69, 9.17) is 37.7 Å². The number of nitrogens with one attached hydrogen (secondary N) is 1. The average Bonchev–Trinajstić information content (AvgIpc) is 2.87. The van der Waals surface area contributed by atoms with Crippen LogP contribution in [0.4, 0.5) is 5.69 Å². The summed E-state index contributed by atoms with van der Waals surface area (Å²) >= 11 is 12.2. The van der Waals surface area contributed by atoms with E-state index in [0.717, 1.165) is 11.3 Å². The Labute approximate surface area is 225 Å². The molecule has 1 unspecified atom stereocenters. The van der Waals surface area contributed by atoms with Gasteiger partial charge in [-0.25, -0.2) is 4.79 Å². The first kappa shape index (κ1) is 27.2. The number of aromatic nitrogens is 1. The summed E-state index contributed by atoms with van der Waals surface area (Å²) in [7, 11) is 0. The van der Waals surface area contributed by atoms with Gasteiger partial charge in [0, 0.05) is 43.4 Å². The number of Topliss-reactive ketones (excluding diaryl/α,β-unsaturated/α-hetero) is 1. The molecule has 4 rings (SSSR count). The molecule has 37 heavy (non-hydrogen) atoms. The van der Waals surface area contributed by atoms with E-state index in [-0.39, 0.29) is 33.4 Å². The first-order chi connectivity index (χ1) is 17.6. The predicted octanol–water partition coefficient (Wildman–Crippen LogP) is 4.96. The second-order valence-electron chi connectivity index (χ2n) is 9.63. The van der Waals surface area contributed by atoms with Crippen LogP contribution in [0.1, 0.15) is 49.5 Å². The van der Waals surface area contributed by atoms with E-state index in [9.17, 15) is 14.4 Å². The second-order valence-corrected chi connectivity index (χ2v) is 10.4. The Balaban J connectivity index is 1.53. The maximum atomic E-state index is 13.0. The number of aliphatic imine (C=N–C) groups is 1. The number of amides is 1. The molecule has 2 fully saturated rings. The van der Waals surface area contributed by atoms with Gasteiger partial charge < -0.3 is 14.8 Å². The monoisotopic (exact) mass is 545 g/mol. The highest BCUT2D eigenvalue weighted by Gasteiger charge is 2.57. The van der Waals surface area contributed by atoms with Crippen molar-refractivity contribution in [1.82, 2.24) is 4.98 Å². The quantitative estimate of drug-likeness (QED) is 0.492. The molecule has 1 amide bonds. The Hall–Kier alpha value is -2.81. The van der Waals surface area contributed by atoms with Crippen LogP contribution in [-0.4, -0.2) is 53.7 Å². The molecule has 2 aromatic rings. The third-order valence-corrected chi connectivity index (χ3v) is 7.33. The third-order valence-electron chi connectivity index (χ3n) is 6.75. The molecule has 196 valence electrons. The van der Waals surface area contributed by atoms with E-state index in [2.05, 4.69) is 10.3 Å². The number of nitrogens with zero attached hydrogens (tertiary/aromatic N) is 2. The van der Waals surface area contributed by atoms with Crippen molar-refractivity contribution in [3.63, 3.8) is 0 Å². The van der Waals surface area contributed by atoms with Crippen LogP contribution in [0.5, 0.6) is 0 Å². The van der Waals surface area contributed by atoms with Crippen molar-refractivity contribution in [2.24, 2.45) is 16.3 Å². The molecule has 0 bridgehead atoms. The summed E-state index contributed by atoms with van der Waals surface area (Å²) in [5.41, 5.74) is 1.64. The SMILES string of the molecule is CC(C)OC(=O)[C@H](Cc1ccc(NC(=O)c2c(Cl)cncc2Cl)cc1)N=C1C(C)C(=O)C12CCOCC2. The summed E-state index contributed by atoms with van der Waals surface area (Å²) < 4.78 is 11.0. The van der Waals surface area contributed by atoms with Crippen LogP contribution in [-0.2, 0) is 25.5 Å². The minimum atomic E-state index is -0.789. The molecular weight excluding hydrogens is 517 g/mol. The zero-order chi connectivity index (χ0) is 26.7. The van der Waals surface area contributed by atoms with Gasteiger partial charge in [0.1, 0.15) is 0 Å². The summed E-state index contributed by atoms with van der Waals surface area (Å²) in [5.74, 6) is -1.05. The number of benzene rings is 1. The number of hydrogen-bond acceptors (Lipinski definition) is 7. The maximum absolute atomic E-state index is 13.0. The van der Waals surface area contributed by atoms with Gasteiger partial charge >= 0.3 is 5.97 Å². The van der Waals surface area contributed by atoms with Gasteiger partial charge in [-0.05, 0) is 44.4 Å². The summed E-state index contributed by atoms with van der Waals surface area (Å²) in [4.78, 5) is 47.1. The Bertz CT molecular complexity index is 1200. The fourth-order valence-electron chi connectivity index (χ4n) is 4.89. The van der Waals surface area contributed by atoms with Crippen molar-refractivity contribution >= 4 is 52.3 Å². The summed E-state index contributed by atoms with van der Waals surface area (Å²) in [6, 6.07) is 6.28. The molecule has 1 N–H and O–H groups in total. The topological polar surface area (TPSA) is 107 Å². The molecule has 1 aromatic carbocycles. The van der Waals surface area contributed by atoms with Crippen LogP contribution >= 0.6 is 23.2 Å². The first-order valence-corrected chi connectivity index (χ1v) is 13.0. The van der Waals surface area contributed by atoms with Gasteiger partial charge in [-0.2, -0.15) is 0 Å². The molecule has 1 aliphatic heterocycles. The number of carbonyl (C=O) groups is 3. The zero-order valence-electron chi connectivity index (χ0n) is 20.9. The molecular formula is C27H29Cl2N3O5. The third kappa shape index (κ3) is 5.71. The van der Waals surface area contributed by atoms with Gasteiger partial charge in [-0.15, -0.1) is 0 Å². The van der Waals surface area contributed by atoms with E-state index < -0.39 is 23.3 Å². The van der Waals surface area contributed by atoms with Crippen LogP contribution < -0.4 is 5.32 Å². The Morgan fingerprint density at radius 1 is 1.16 bits per heavy atom. The van der Waals surface area contributed by atoms with Gasteiger partial charge in [-0.3, -0.25) is 19.6 Å². The number of rotatable bonds is 7. The molecule has 1 spiro atoms. The van der Waals surface area contributed by atoms with Crippen molar-refractivity contribution in [3.05, 3.63) is 57.8 Å². The number of anilines is 1. The molecule has 1 saturated carbocycles. The molecule has 2 heterocycles. The first-order valence-electron chi connectivity index (χ1n) is 12.2. The normalized spacial score (nSPS) is 20.5. The van der Waals surface area contributed by atoms with Gasteiger partial charge in [-0.1, -0.05) is 42.3 Å². The van der Waals surface area contributed by atoms with Gasteiger partial charge in [0.2, 0.25) is 0 Å². The smallest absolute Gasteiger partial charge is 0.331 e. The Morgan fingerprint density at radius 3 is 2.38 bits per heavy atom. The fraction of sp³-hybridized carbons (Fsp3) is 0.444. The number of halogens is 2. The van der Waals surface area contributed by atoms with Crippen LogP contribution in [0, 0.1) is 11.3 Å². The summed E-state index contributed by atoms with van der Waals surface area (Å²) in [5, 5.41) is 3.07. The Kier molecular flexibility index (Phi) is 8.31. The molecule has 2 aliphatic rings.